The fraction of sp³-hybridized carbons (Fsp3) is 0.600. The first-order valence-corrected chi connectivity index (χ1v) is 8.59. The van der Waals surface area contributed by atoms with Gasteiger partial charge in [-0.05, 0) is 49.2 Å². The summed E-state index contributed by atoms with van der Waals surface area (Å²) in [7, 11) is 0. The molecule has 0 spiro atoms. The lowest BCUT2D eigenvalue weighted by Crippen LogP contribution is -2.00. The summed E-state index contributed by atoms with van der Waals surface area (Å²) >= 11 is 0. The van der Waals surface area contributed by atoms with Crippen LogP contribution in [0.4, 0.5) is 0 Å². The highest BCUT2D eigenvalue weighted by atomic mass is 16.2. The summed E-state index contributed by atoms with van der Waals surface area (Å²) in [5, 5.41) is 8.76. The molecule has 0 saturated heterocycles. The molecule has 0 amide bonds. The van der Waals surface area contributed by atoms with Crippen LogP contribution in [0.3, 0.4) is 0 Å². The molecule has 1 aliphatic rings. The van der Waals surface area contributed by atoms with Crippen LogP contribution in [0, 0.1) is 5.92 Å². The SMILES string of the molecule is C=C/C(=C\CCC)CC1=CCC(CCCCCCO)C=C1. The minimum absolute atomic E-state index is 0.340. The van der Waals surface area contributed by atoms with Gasteiger partial charge in [-0.2, -0.15) is 0 Å². The molecule has 0 aromatic rings. The Balaban J connectivity index is 2.27. The van der Waals surface area contributed by atoms with Gasteiger partial charge in [-0.3, -0.25) is 0 Å². The lowest BCUT2D eigenvalue weighted by Gasteiger charge is -2.16. The van der Waals surface area contributed by atoms with Crippen LogP contribution in [-0.2, 0) is 0 Å². The molecule has 1 nitrogen and oxygen atoms in total. The minimum atomic E-state index is 0.340. The zero-order valence-corrected chi connectivity index (χ0v) is 13.7. The average molecular weight is 288 g/mol. The van der Waals surface area contributed by atoms with Crippen molar-refractivity contribution < 1.29 is 5.11 Å². The molecule has 0 heterocycles. The van der Waals surface area contributed by atoms with E-state index in [-0.39, 0.29) is 0 Å². The second-order valence-electron chi connectivity index (χ2n) is 6.01. The van der Waals surface area contributed by atoms with Crippen molar-refractivity contribution in [1.29, 1.82) is 0 Å². The number of aliphatic hydroxyl groups is 1. The predicted octanol–water partition coefficient (Wildman–Crippen LogP) is 5.73. The van der Waals surface area contributed by atoms with E-state index in [1.54, 1.807) is 0 Å². The highest BCUT2D eigenvalue weighted by molar-refractivity contribution is 5.32. The zero-order chi connectivity index (χ0) is 15.3. The first-order chi connectivity index (χ1) is 10.3. The maximum Gasteiger partial charge on any atom is 0.0431 e. The highest BCUT2D eigenvalue weighted by Gasteiger charge is 2.09. The van der Waals surface area contributed by atoms with Crippen molar-refractivity contribution >= 4 is 0 Å². The van der Waals surface area contributed by atoms with Gasteiger partial charge in [-0.15, -0.1) is 0 Å². The second kappa shape index (κ2) is 11.6. The molecule has 0 radical (unpaired) electrons. The van der Waals surface area contributed by atoms with Crippen molar-refractivity contribution in [2.75, 3.05) is 6.61 Å². The molecule has 1 aliphatic carbocycles. The third-order valence-electron chi connectivity index (χ3n) is 4.11. The average Bonchev–Trinajstić information content (AvgIpc) is 2.52. The van der Waals surface area contributed by atoms with E-state index < -0.39 is 0 Å². The third-order valence-corrected chi connectivity index (χ3v) is 4.11. The van der Waals surface area contributed by atoms with Gasteiger partial charge in [0.1, 0.15) is 0 Å². The van der Waals surface area contributed by atoms with Crippen LogP contribution in [0.25, 0.3) is 0 Å². The minimum Gasteiger partial charge on any atom is -0.396 e. The van der Waals surface area contributed by atoms with E-state index in [0.29, 0.717) is 6.61 Å². The van der Waals surface area contributed by atoms with Gasteiger partial charge in [0.05, 0.1) is 0 Å². The van der Waals surface area contributed by atoms with E-state index in [2.05, 4.69) is 37.8 Å². The van der Waals surface area contributed by atoms with Crippen molar-refractivity contribution in [3.8, 4) is 0 Å². The van der Waals surface area contributed by atoms with Crippen LogP contribution in [0.1, 0.15) is 64.7 Å². The molecule has 118 valence electrons. The molecular formula is C20H32O. The molecular weight excluding hydrogens is 256 g/mol. The van der Waals surface area contributed by atoms with Crippen LogP contribution < -0.4 is 0 Å². The molecule has 1 N–H and O–H groups in total. The number of hydrogen-bond acceptors (Lipinski definition) is 1. The topological polar surface area (TPSA) is 20.2 Å². The summed E-state index contributed by atoms with van der Waals surface area (Å²) in [5.74, 6) is 0.717. The van der Waals surface area contributed by atoms with E-state index >= 15 is 0 Å². The normalized spacial score (nSPS) is 18.7. The molecule has 1 atom stereocenters. The number of unbranched alkanes of at least 4 members (excludes halogenated alkanes) is 4. The fourth-order valence-electron chi connectivity index (χ4n) is 2.72. The van der Waals surface area contributed by atoms with Crippen molar-refractivity contribution in [2.45, 2.75) is 64.7 Å². The summed E-state index contributed by atoms with van der Waals surface area (Å²) < 4.78 is 0. The molecule has 0 saturated carbocycles. The van der Waals surface area contributed by atoms with E-state index in [0.717, 1.165) is 25.2 Å². The maximum absolute atomic E-state index is 8.76. The van der Waals surface area contributed by atoms with Gasteiger partial charge in [-0.25, -0.2) is 0 Å². The van der Waals surface area contributed by atoms with Crippen LogP contribution in [-0.4, -0.2) is 11.7 Å². The van der Waals surface area contributed by atoms with E-state index in [1.807, 2.05) is 6.08 Å². The Labute approximate surface area is 131 Å². The standard InChI is InChI=1S/C20H32O/c1-3-5-10-18(4-2)17-20-14-12-19(13-15-20)11-8-6-7-9-16-21/h4,10,12,14-15,19,21H,2-3,5-9,11,13,16-17H2,1H3/b18-10+. The predicted molar refractivity (Wildman–Crippen MR) is 93.3 cm³/mol. The van der Waals surface area contributed by atoms with E-state index in [4.69, 9.17) is 5.11 Å². The Morgan fingerprint density at radius 3 is 2.76 bits per heavy atom. The van der Waals surface area contributed by atoms with Gasteiger partial charge < -0.3 is 5.11 Å². The number of allylic oxidation sites excluding steroid dienone is 7. The largest absolute Gasteiger partial charge is 0.396 e. The monoisotopic (exact) mass is 288 g/mol. The quantitative estimate of drug-likeness (QED) is 0.380. The molecule has 21 heavy (non-hydrogen) atoms. The fourth-order valence-corrected chi connectivity index (χ4v) is 2.72. The molecule has 0 aromatic carbocycles. The van der Waals surface area contributed by atoms with Gasteiger partial charge in [0.15, 0.2) is 0 Å². The van der Waals surface area contributed by atoms with Crippen LogP contribution >= 0.6 is 0 Å². The van der Waals surface area contributed by atoms with Crippen LogP contribution in [0.15, 0.2) is 48.1 Å². The van der Waals surface area contributed by atoms with Crippen molar-refractivity contribution in [2.24, 2.45) is 5.92 Å². The summed E-state index contributed by atoms with van der Waals surface area (Å²) in [6.07, 6.45) is 21.9. The summed E-state index contributed by atoms with van der Waals surface area (Å²) in [4.78, 5) is 0. The lowest BCUT2D eigenvalue weighted by molar-refractivity contribution is 0.282. The molecule has 1 rings (SSSR count). The smallest absolute Gasteiger partial charge is 0.0431 e. The Morgan fingerprint density at radius 2 is 2.14 bits per heavy atom. The number of aliphatic hydroxyl groups excluding tert-OH is 1. The van der Waals surface area contributed by atoms with Gasteiger partial charge in [-0.1, -0.05) is 69.6 Å². The first-order valence-electron chi connectivity index (χ1n) is 8.59. The van der Waals surface area contributed by atoms with Gasteiger partial charge in [0.2, 0.25) is 0 Å². The highest BCUT2D eigenvalue weighted by Crippen LogP contribution is 2.25. The lowest BCUT2D eigenvalue weighted by atomic mass is 9.89. The summed E-state index contributed by atoms with van der Waals surface area (Å²) in [6.45, 7) is 6.47. The third kappa shape index (κ3) is 8.06. The maximum atomic E-state index is 8.76. The van der Waals surface area contributed by atoms with Crippen molar-refractivity contribution in [1.82, 2.24) is 0 Å². The van der Waals surface area contributed by atoms with E-state index in [9.17, 15) is 0 Å². The molecule has 1 unspecified atom stereocenters. The van der Waals surface area contributed by atoms with Crippen LogP contribution in [0.5, 0.6) is 0 Å². The van der Waals surface area contributed by atoms with Crippen LogP contribution in [0.2, 0.25) is 0 Å². The Morgan fingerprint density at radius 1 is 1.33 bits per heavy atom. The Bertz CT molecular complexity index is 373. The first kappa shape index (κ1) is 18.0. The van der Waals surface area contributed by atoms with Crippen molar-refractivity contribution in [3.05, 3.63) is 48.1 Å². The zero-order valence-electron chi connectivity index (χ0n) is 13.7. The molecule has 0 bridgehead atoms. The second-order valence-corrected chi connectivity index (χ2v) is 6.01. The Hall–Kier alpha value is -1.08. The van der Waals surface area contributed by atoms with Gasteiger partial charge in [0, 0.05) is 6.61 Å². The molecule has 0 aliphatic heterocycles. The van der Waals surface area contributed by atoms with Gasteiger partial charge in [0.25, 0.3) is 0 Å². The number of hydrogen-bond donors (Lipinski definition) is 1. The summed E-state index contributed by atoms with van der Waals surface area (Å²) in [6, 6.07) is 0. The van der Waals surface area contributed by atoms with E-state index in [1.165, 1.54) is 49.7 Å². The molecule has 0 aromatic heterocycles. The summed E-state index contributed by atoms with van der Waals surface area (Å²) in [5.41, 5.74) is 2.80. The molecule has 0 fully saturated rings. The van der Waals surface area contributed by atoms with Crippen molar-refractivity contribution in [3.63, 3.8) is 0 Å². The Kier molecular flexibility index (Phi) is 9.90. The molecule has 1 heteroatoms. The number of rotatable bonds is 11. The van der Waals surface area contributed by atoms with Gasteiger partial charge >= 0.3 is 0 Å².